The molecular formula is C15H18ClN5OS. The first-order valence-electron chi connectivity index (χ1n) is 7.61. The van der Waals surface area contributed by atoms with Gasteiger partial charge in [0.05, 0.1) is 11.8 Å². The zero-order chi connectivity index (χ0) is 16.2. The van der Waals surface area contributed by atoms with E-state index in [2.05, 4.69) is 15.5 Å². The van der Waals surface area contributed by atoms with Gasteiger partial charge in [-0.3, -0.25) is 4.79 Å². The molecule has 1 aliphatic rings. The molecule has 1 aromatic carbocycles. The molecule has 0 radical (unpaired) electrons. The van der Waals surface area contributed by atoms with Gasteiger partial charge in [-0.1, -0.05) is 41.6 Å². The Morgan fingerprint density at radius 1 is 1.43 bits per heavy atom. The molecule has 0 spiro atoms. The molecule has 1 saturated carbocycles. The minimum Gasteiger partial charge on any atom is -0.338 e. The molecule has 8 heteroatoms. The van der Waals surface area contributed by atoms with Crippen LogP contribution in [-0.2, 0) is 11.3 Å². The first-order chi connectivity index (χ1) is 11.2. The minimum atomic E-state index is 0.0581. The maximum atomic E-state index is 12.5. The largest absolute Gasteiger partial charge is 0.338 e. The molecule has 6 nitrogen and oxygen atoms in total. The summed E-state index contributed by atoms with van der Waals surface area (Å²) in [4.78, 5) is 14.3. The van der Waals surface area contributed by atoms with E-state index in [0.717, 1.165) is 23.6 Å². The number of carbonyl (C=O) groups is 1. The molecule has 0 atom stereocenters. The van der Waals surface area contributed by atoms with Crippen molar-refractivity contribution >= 4 is 29.3 Å². The fourth-order valence-corrected chi connectivity index (χ4v) is 3.30. The summed E-state index contributed by atoms with van der Waals surface area (Å²) in [5.74, 6) is 0.383. The van der Waals surface area contributed by atoms with Crippen molar-refractivity contribution in [3.05, 3.63) is 34.9 Å². The number of carbonyl (C=O) groups excluding carboxylic acids is 1. The molecule has 1 fully saturated rings. The molecule has 0 unspecified atom stereocenters. The molecule has 3 rings (SSSR count). The average Bonchev–Trinajstić information content (AvgIpc) is 3.30. The topological polar surface area (TPSA) is 63.9 Å². The second-order valence-electron chi connectivity index (χ2n) is 5.43. The van der Waals surface area contributed by atoms with Gasteiger partial charge in [0.25, 0.3) is 0 Å². The Labute approximate surface area is 144 Å². The molecule has 1 heterocycles. The average molecular weight is 352 g/mol. The van der Waals surface area contributed by atoms with Gasteiger partial charge in [0.15, 0.2) is 0 Å². The maximum absolute atomic E-state index is 12.5. The third-order valence-electron chi connectivity index (χ3n) is 3.73. The predicted octanol–water partition coefficient (Wildman–Crippen LogP) is 2.80. The van der Waals surface area contributed by atoms with Gasteiger partial charge in [-0.15, -0.1) is 5.10 Å². The summed E-state index contributed by atoms with van der Waals surface area (Å²) in [6.45, 7) is 3.12. The highest BCUT2D eigenvalue weighted by molar-refractivity contribution is 7.99. The molecule has 2 aromatic rings. The van der Waals surface area contributed by atoms with E-state index in [9.17, 15) is 4.79 Å². The molecule has 0 bridgehead atoms. The van der Waals surface area contributed by atoms with E-state index in [1.54, 1.807) is 4.90 Å². The van der Waals surface area contributed by atoms with Crippen molar-refractivity contribution in [2.24, 2.45) is 0 Å². The number of thioether (sulfide) groups is 1. The van der Waals surface area contributed by atoms with E-state index >= 15 is 0 Å². The number of tetrazole rings is 1. The van der Waals surface area contributed by atoms with Gasteiger partial charge in [-0.25, -0.2) is 4.68 Å². The molecule has 1 aliphatic carbocycles. The fourth-order valence-electron chi connectivity index (χ4n) is 2.25. The number of amides is 1. The predicted molar refractivity (Wildman–Crippen MR) is 89.4 cm³/mol. The van der Waals surface area contributed by atoms with Crippen molar-refractivity contribution in [1.82, 2.24) is 25.1 Å². The van der Waals surface area contributed by atoms with Gasteiger partial charge < -0.3 is 4.90 Å². The van der Waals surface area contributed by atoms with Crippen molar-refractivity contribution < 1.29 is 4.79 Å². The minimum absolute atomic E-state index is 0.0581. The lowest BCUT2D eigenvalue weighted by atomic mass is 10.2. The van der Waals surface area contributed by atoms with Crippen molar-refractivity contribution in [1.29, 1.82) is 0 Å². The lowest BCUT2D eigenvalue weighted by Gasteiger charge is -2.21. The smallest absolute Gasteiger partial charge is 0.233 e. The molecule has 0 saturated heterocycles. The fraction of sp³-hybridized carbons (Fsp3) is 0.467. The Balaban J connectivity index is 1.59. The first-order valence-corrected chi connectivity index (χ1v) is 8.97. The lowest BCUT2D eigenvalue weighted by molar-refractivity contribution is -0.128. The normalized spacial score (nSPS) is 14.0. The Morgan fingerprint density at radius 2 is 2.22 bits per heavy atom. The van der Waals surface area contributed by atoms with E-state index in [0.29, 0.717) is 29.9 Å². The summed E-state index contributed by atoms with van der Waals surface area (Å²) < 4.78 is 1.82. The first kappa shape index (κ1) is 16.3. The van der Waals surface area contributed by atoms with Gasteiger partial charge >= 0.3 is 0 Å². The highest BCUT2D eigenvalue weighted by Gasteiger charge is 2.28. The Kier molecular flexibility index (Phi) is 5.17. The Morgan fingerprint density at radius 3 is 2.91 bits per heavy atom. The summed E-state index contributed by atoms with van der Waals surface area (Å²) >= 11 is 7.57. The summed E-state index contributed by atoms with van der Waals surface area (Å²) in [5.41, 5.74) is 0.956. The van der Waals surface area contributed by atoms with Gasteiger partial charge in [0, 0.05) is 18.1 Å². The van der Waals surface area contributed by atoms with E-state index in [4.69, 9.17) is 11.6 Å². The van der Waals surface area contributed by atoms with Crippen molar-refractivity contribution in [3.8, 4) is 0 Å². The highest BCUT2D eigenvalue weighted by Crippen LogP contribution is 2.36. The van der Waals surface area contributed by atoms with E-state index in [-0.39, 0.29) is 5.91 Å². The Hall–Kier alpha value is -1.60. The van der Waals surface area contributed by atoms with E-state index in [1.165, 1.54) is 11.8 Å². The van der Waals surface area contributed by atoms with Crippen molar-refractivity contribution in [2.45, 2.75) is 37.5 Å². The molecule has 23 heavy (non-hydrogen) atoms. The highest BCUT2D eigenvalue weighted by atomic mass is 35.5. The SMILES string of the molecule is CCN(Cc1ccccc1Cl)C(=O)CSc1nnnn1C1CC1. The zero-order valence-corrected chi connectivity index (χ0v) is 14.4. The summed E-state index contributed by atoms with van der Waals surface area (Å²) in [5, 5.41) is 13.1. The third-order valence-corrected chi connectivity index (χ3v) is 5.02. The number of hydrogen-bond donors (Lipinski definition) is 0. The second kappa shape index (κ2) is 7.31. The van der Waals surface area contributed by atoms with Crippen LogP contribution in [0, 0.1) is 0 Å². The van der Waals surface area contributed by atoms with Crippen LogP contribution in [0.1, 0.15) is 31.4 Å². The van der Waals surface area contributed by atoms with Gasteiger partial charge in [-0.05, 0) is 41.8 Å². The molecule has 0 aliphatic heterocycles. The molecule has 122 valence electrons. The summed E-state index contributed by atoms with van der Waals surface area (Å²) in [6, 6.07) is 8.01. The van der Waals surface area contributed by atoms with Gasteiger partial charge in [-0.2, -0.15) is 0 Å². The van der Waals surface area contributed by atoms with Crippen LogP contribution in [0.25, 0.3) is 0 Å². The number of hydrogen-bond acceptors (Lipinski definition) is 5. The van der Waals surface area contributed by atoms with Gasteiger partial charge in [0.2, 0.25) is 11.1 Å². The lowest BCUT2D eigenvalue weighted by Crippen LogP contribution is -2.32. The molecule has 1 amide bonds. The van der Waals surface area contributed by atoms with Crippen molar-refractivity contribution in [3.63, 3.8) is 0 Å². The number of rotatable bonds is 7. The second-order valence-corrected chi connectivity index (χ2v) is 6.77. The maximum Gasteiger partial charge on any atom is 0.233 e. The summed E-state index contributed by atoms with van der Waals surface area (Å²) in [6.07, 6.45) is 2.22. The van der Waals surface area contributed by atoms with E-state index in [1.807, 2.05) is 35.9 Å². The van der Waals surface area contributed by atoms with Crippen LogP contribution >= 0.6 is 23.4 Å². The van der Waals surface area contributed by atoms with Crippen LogP contribution in [0.2, 0.25) is 5.02 Å². The van der Waals surface area contributed by atoms with Crippen LogP contribution in [0.5, 0.6) is 0 Å². The molecule has 0 N–H and O–H groups in total. The number of halogens is 1. The third kappa shape index (κ3) is 4.03. The number of nitrogens with zero attached hydrogens (tertiary/aromatic N) is 5. The number of benzene rings is 1. The molecular weight excluding hydrogens is 334 g/mol. The number of aromatic nitrogens is 4. The van der Waals surface area contributed by atoms with E-state index < -0.39 is 0 Å². The quantitative estimate of drug-likeness (QED) is 0.718. The van der Waals surface area contributed by atoms with Crippen LogP contribution in [0.15, 0.2) is 29.4 Å². The van der Waals surface area contributed by atoms with Crippen LogP contribution in [0.3, 0.4) is 0 Å². The zero-order valence-electron chi connectivity index (χ0n) is 12.9. The Bertz CT molecular complexity index is 688. The standard InChI is InChI=1S/C15H18ClN5OS/c1-2-20(9-11-5-3-4-6-13(11)16)14(22)10-23-15-17-18-19-21(15)12-7-8-12/h3-6,12H,2,7-10H2,1H3. The monoisotopic (exact) mass is 351 g/mol. The van der Waals surface area contributed by atoms with Gasteiger partial charge in [0.1, 0.15) is 0 Å². The van der Waals surface area contributed by atoms with Crippen LogP contribution < -0.4 is 0 Å². The summed E-state index contributed by atoms with van der Waals surface area (Å²) in [7, 11) is 0. The van der Waals surface area contributed by atoms with Crippen molar-refractivity contribution in [2.75, 3.05) is 12.3 Å². The van der Waals surface area contributed by atoms with Crippen LogP contribution in [-0.4, -0.2) is 43.3 Å². The molecule has 1 aromatic heterocycles. The van der Waals surface area contributed by atoms with Crippen LogP contribution in [0.4, 0.5) is 0 Å².